The van der Waals surface area contributed by atoms with E-state index in [0.29, 0.717) is 0 Å². The van der Waals surface area contributed by atoms with Crippen molar-refractivity contribution >= 4 is 0 Å². The molecule has 1 atom stereocenters. The van der Waals surface area contributed by atoms with E-state index in [1.54, 1.807) is 6.92 Å². The lowest BCUT2D eigenvalue weighted by Gasteiger charge is -2.00. The lowest BCUT2D eigenvalue weighted by Crippen LogP contribution is -2.01. The second-order valence-corrected chi connectivity index (χ2v) is 4.03. The molecule has 84 valence electrons. The molecule has 1 unspecified atom stereocenters. The van der Waals surface area contributed by atoms with Crippen LogP contribution in [0.5, 0.6) is 0 Å². The maximum atomic E-state index is 9.20. The summed E-state index contributed by atoms with van der Waals surface area (Å²) in [5.41, 5.74) is 3.14. The molecule has 0 spiro atoms. The van der Waals surface area contributed by atoms with Gasteiger partial charge in [0.1, 0.15) is 0 Å². The van der Waals surface area contributed by atoms with E-state index in [1.165, 1.54) is 0 Å². The monoisotopic (exact) mass is 216 g/mol. The maximum absolute atomic E-state index is 9.20. The van der Waals surface area contributed by atoms with Crippen LogP contribution in [0.25, 0.3) is 11.3 Å². The Morgan fingerprint density at radius 3 is 2.75 bits per heavy atom. The fraction of sp³-hybridized carbons (Fsp3) is 0.308. The van der Waals surface area contributed by atoms with Crippen LogP contribution in [0.3, 0.4) is 0 Å². The largest absolute Gasteiger partial charge is 0.393 e. The van der Waals surface area contributed by atoms with Crippen molar-refractivity contribution in [2.24, 2.45) is 0 Å². The summed E-state index contributed by atoms with van der Waals surface area (Å²) in [5, 5.41) is 16.5. The van der Waals surface area contributed by atoms with E-state index in [1.807, 2.05) is 36.4 Å². The minimum Gasteiger partial charge on any atom is -0.393 e. The van der Waals surface area contributed by atoms with Gasteiger partial charge in [-0.1, -0.05) is 30.3 Å². The zero-order valence-corrected chi connectivity index (χ0v) is 9.35. The standard InChI is InChI=1S/C13H16N2O/c1-10(16)7-8-12-9-13(15-14-12)11-5-3-2-4-6-11/h2-6,9-10,16H,7-8H2,1H3,(H,14,15). The van der Waals surface area contributed by atoms with Crippen LogP contribution in [0.4, 0.5) is 0 Å². The van der Waals surface area contributed by atoms with Crippen LogP contribution < -0.4 is 0 Å². The highest BCUT2D eigenvalue weighted by Crippen LogP contribution is 2.17. The molecule has 0 saturated heterocycles. The Bertz CT molecular complexity index is 434. The van der Waals surface area contributed by atoms with Gasteiger partial charge in [0.05, 0.1) is 11.8 Å². The van der Waals surface area contributed by atoms with Crippen molar-refractivity contribution in [3.8, 4) is 11.3 Å². The van der Waals surface area contributed by atoms with E-state index in [-0.39, 0.29) is 6.10 Å². The van der Waals surface area contributed by atoms with Gasteiger partial charge in [0.25, 0.3) is 0 Å². The van der Waals surface area contributed by atoms with Crippen LogP contribution in [-0.4, -0.2) is 21.4 Å². The number of rotatable bonds is 4. The van der Waals surface area contributed by atoms with Crippen molar-refractivity contribution < 1.29 is 5.11 Å². The van der Waals surface area contributed by atoms with Crippen LogP contribution >= 0.6 is 0 Å². The Balaban J connectivity index is 2.08. The van der Waals surface area contributed by atoms with Gasteiger partial charge in [0.15, 0.2) is 0 Å². The number of nitrogens with one attached hydrogen (secondary N) is 1. The topological polar surface area (TPSA) is 48.9 Å². The predicted octanol–water partition coefficient (Wildman–Crippen LogP) is 2.39. The molecule has 2 aromatic rings. The van der Waals surface area contributed by atoms with Crippen LogP contribution in [0.15, 0.2) is 36.4 Å². The summed E-state index contributed by atoms with van der Waals surface area (Å²) in [4.78, 5) is 0. The summed E-state index contributed by atoms with van der Waals surface area (Å²) in [5.74, 6) is 0. The summed E-state index contributed by atoms with van der Waals surface area (Å²) in [6.45, 7) is 1.80. The van der Waals surface area contributed by atoms with Crippen LogP contribution in [-0.2, 0) is 6.42 Å². The fourth-order valence-corrected chi connectivity index (χ4v) is 1.61. The van der Waals surface area contributed by atoms with E-state index in [2.05, 4.69) is 10.2 Å². The van der Waals surface area contributed by atoms with E-state index in [9.17, 15) is 5.11 Å². The Morgan fingerprint density at radius 2 is 2.06 bits per heavy atom. The molecule has 0 amide bonds. The average molecular weight is 216 g/mol. The van der Waals surface area contributed by atoms with Gasteiger partial charge >= 0.3 is 0 Å². The molecule has 3 heteroatoms. The number of hydrogen-bond acceptors (Lipinski definition) is 2. The van der Waals surface area contributed by atoms with Crippen LogP contribution in [0.1, 0.15) is 19.0 Å². The van der Waals surface area contributed by atoms with Crippen molar-refractivity contribution in [2.75, 3.05) is 0 Å². The third kappa shape index (κ3) is 2.70. The summed E-state index contributed by atoms with van der Waals surface area (Å²) in [6.07, 6.45) is 1.33. The van der Waals surface area contributed by atoms with Gasteiger partial charge in [-0.3, -0.25) is 5.10 Å². The van der Waals surface area contributed by atoms with Crippen molar-refractivity contribution in [1.29, 1.82) is 0 Å². The maximum Gasteiger partial charge on any atom is 0.0923 e. The first-order chi connectivity index (χ1) is 7.75. The zero-order valence-electron chi connectivity index (χ0n) is 9.35. The number of aliphatic hydroxyl groups is 1. The quantitative estimate of drug-likeness (QED) is 0.824. The third-order valence-electron chi connectivity index (χ3n) is 2.53. The van der Waals surface area contributed by atoms with Crippen molar-refractivity contribution in [3.63, 3.8) is 0 Å². The van der Waals surface area contributed by atoms with Gasteiger partial charge in [-0.15, -0.1) is 0 Å². The lowest BCUT2D eigenvalue weighted by atomic mass is 10.1. The van der Waals surface area contributed by atoms with Crippen molar-refractivity contribution in [1.82, 2.24) is 10.2 Å². The highest BCUT2D eigenvalue weighted by molar-refractivity contribution is 5.58. The number of aromatic amines is 1. The average Bonchev–Trinajstić information content (AvgIpc) is 2.76. The van der Waals surface area contributed by atoms with E-state index in [0.717, 1.165) is 29.8 Å². The number of H-pyrrole nitrogens is 1. The summed E-state index contributed by atoms with van der Waals surface area (Å²) in [7, 11) is 0. The van der Waals surface area contributed by atoms with Gasteiger partial charge in [-0.2, -0.15) is 5.10 Å². The molecule has 2 N–H and O–H groups in total. The molecule has 1 aromatic heterocycles. The number of aromatic nitrogens is 2. The molecule has 1 heterocycles. The number of aliphatic hydroxyl groups excluding tert-OH is 1. The molecule has 3 nitrogen and oxygen atoms in total. The Hall–Kier alpha value is -1.61. The molecule has 2 rings (SSSR count). The Kier molecular flexibility index (Phi) is 3.37. The molecule has 0 saturated carbocycles. The SMILES string of the molecule is CC(O)CCc1cc(-c2ccccc2)n[nH]1. The molecule has 0 aliphatic heterocycles. The van der Waals surface area contributed by atoms with E-state index in [4.69, 9.17) is 0 Å². The smallest absolute Gasteiger partial charge is 0.0923 e. The molecular weight excluding hydrogens is 200 g/mol. The van der Waals surface area contributed by atoms with Crippen molar-refractivity contribution in [2.45, 2.75) is 25.9 Å². The van der Waals surface area contributed by atoms with E-state index < -0.39 is 0 Å². The number of nitrogens with zero attached hydrogens (tertiary/aromatic N) is 1. The highest BCUT2D eigenvalue weighted by Gasteiger charge is 2.04. The summed E-state index contributed by atoms with van der Waals surface area (Å²) < 4.78 is 0. The molecular formula is C13H16N2O. The third-order valence-corrected chi connectivity index (χ3v) is 2.53. The molecule has 0 fully saturated rings. The Morgan fingerprint density at radius 1 is 1.31 bits per heavy atom. The highest BCUT2D eigenvalue weighted by atomic mass is 16.3. The molecule has 0 radical (unpaired) electrons. The molecule has 1 aromatic carbocycles. The predicted molar refractivity (Wildman–Crippen MR) is 64.0 cm³/mol. The van der Waals surface area contributed by atoms with E-state index >= 15 is 0 Å². The summed E-state index contributed by atoms with van der Waals surface area (Å²) >= 11 is 0. The molecule has 0 aliphatic carbocycles. The minimum absolute atomic E-state index is 0.261. The van der Waals surface area contributed by atoms with Gasteiger partial charge in [0.2, 0.25) is 0 Å². The number of hydrogen-bond donors (Lipinski definition) is 2. The van der Waals surface area contributed by atoms with Gasteiger partial charge in [0, 0.05) is 11.3 Å². The van der Waals surface area contributed by atoms with Gasteiger partial charge < -0.3 is 5.11 Å². The first kappa shape index (κ1) is 10.9. The van der Waals surface area contributed by atoms with Gasteiger partial charge in [-0.05, 0) is 25.8 Å². The molecule has 0 aliphatic rings. The fourth-order valence-electron chi connectivity index (χ4n) is 1.61. The molecule has 0 bridgehead atoms. The second kappa shape index (κ2) is 4.94. The number of aryl methyl sites for hydroxylation is 1. The molecule has 16 heavy (non-hydrogen) atoms. The first-order valence-corrected chi connectivity index (χ1v) is 5.53. The lowest BCUT2D eigenvalue weighted by molar-refractivity contribution is 0.184. The first-order valence-electron chi connectivity index (χ1n) is 5.53. The van der Waals surface area contributed by atoms with Crippen LogP contribution in [0.2, 0.25) is 0 Å². The number of benzene rings is 1. The normalized spacial score (nSPS) is 12.6. The van der Waals surface area contributed by atoms with Crippen LogP contribution in [0, 0.1) is 0 Å². The Labute approximate surface area is 95.1 Å². The van der Waals surface area contributed by atoms with Crippen molar-refractivity contribution in [3.05, 3.63) is 42.1 Å². The minimum atomic E-state index is -0.261. The van der Waals surface area contributed by atoms with Gasteiger partial charge in [-0.25, -0.2) is 0 Å². The zero-order chi connectivity index (χ0) is 11.4. The summed E-state index contributed by atoms with van der Waals surface area (Å²) in [6, 6.07) is 12.1. The second-order valence-electron chi connectivity index (χ2n) is 4.03.